The number of hydrogen-bond donors (Lipinski definition) is 2. The molecule has 0 spiro atoms. The Labute approximate surface area is 179 Å². The predicted octanol–water partition coefficient (Wildman–Crippen LogP) is 1.28. The topological polar surface area (TPSA) is 105 Å². The molecule has 0 saturated carbocycles. The van der Waals surface area contributed by atoms with Gasteiger partial charge in [-0.15, -0.1) is 0 Å². The molecule has 164 valence electrons. The lowest BCUT2D eigenvalue weighted by Crippen LogP contribution is -2.25. The Morgan fingerprint density at radius 3 is 2.74 bits per heavy atom. The van der Waals surface area contributed by atoms with Crippen LogP contribution in [0, 0.1) is 0 Å². The SMILES string of the molecule is COc1ccc(CN2CC(O)C(c3nn4c(C5CCOCC5)ncc4c(=O)[nH]3)C2)cc1. The molecule has 31 heavy (non-hydrogen) atoms. The Hall–Kier alpha value is -2.75. The van der Waals surface area contributed by atoms with Gasteiger partial charge in [-0.05, 0) is 30.5 Å². The van der Waals surface area contributed by atoms with E-state index in [1.54, 1.807) is 17.8 Å². The highest BCUT2D eigenvalue weighted by Crippen LogP contribution is 2.28. The van der Waals surface area contributed by atoms with Crippen molar-refractivity contribution in [2.24, 2.45) is 0 Å². The van der Waals surface area contributed by atoms with Crippen molar-refractivity contribution in [3.05, 3.63) is 58.0 Å². The van der Waals surface area contributed by atoms with Gasteiger partial charge in [-0.2, -0.15) is 5.10 Å². The average Bonchev–Trinajstić information content (AvgIpc) is 3.38. The summed E-state index contributed by atoms with van der Waals surface area (Å²) in [6.07, 6.45) is 2.71. The van der Waals surface area contributed by atoms with Crippen LogP contribution >= 0.6 is 0 Å². The van der Waals surface area contributed by atoms with Crippen LogP contribution in [0.4, 0.5) is 0 Å². The van der Waals surface area contributed by atoms with Crippen LogP contribution in [0.5, 0.6) is 5.75 Å². The fraction of sp³-hybridized carbons (Fsp3) is 0.500. The summed E-state index contributed by atoms with van der Waals surface area (Å²) < 4.78 is 12.3. The molecule has 9 nitrogen and oxygen atoms in total. The van der Waals surface area contributed by atoms with Crippen LogP contribution in [0.2, 0.25) is 0 Å². The molecule has 2 fully saturated rings. The summed E-state index contributed by atoms with van der Waals surface area (Å²) >= 11 is 0. The van der Waals surface area contributed by atoms with Crippen LogP contribution in [0.15, 0.2) is 35.3 Å². The number of nitrogens with one attached hydrogen (secondary N) is 1. The zero-order valence-electron chi connectivity index (χ0n) is 17.5. The van der Waals surface area contributed by atoms with Crippen LogP contribution in [-0.4, -0.2) is 69.1 Å². The number of aliphatic hydroxyl groups excluding tert-OH is 1. The first-order valence-electron chi connectivity index (χ1n) is 10.7. The van der Waals surface area contributed by atoms with E-state index in [4.69, 9.17) is 14.6 Å². The molecule has 0 amide bonds. The van der Waals surface area contributed by atoms with Crippen LogP contribution in [-0.2, 0) is 11.3 Å². The Bertz CT molecular complexity index is 1100. The van der Waals surface area contributed by atoms with E-state index in [0.717, 1.165) is 30.0 Å². The smallest absolute Gasteiger partial charge is 0.276 e. The van der Waals surface area contributed by atoms with Crippen molar-refractivity contribution in [3.63, 3.8) is 0 Å². The second-order valence-electron chi connectivity index (χ2n) is 8.36. The molecule has 1 aromatic carbocycles. The molecule has 2 unspecified atom stereocenters. The van der Waals surface area contributed by atoms with Crippen molar-refractivity contribution in [1.82, 2.24) is 24.5 Å². The molecule has 2 aliphatic heterocycles. The molecule has 0 bridgehead atoms. The lowest BCUT2D eigenvalue weighted by atomic mass is 10.00. The number of aliphatic hydroxyl groups is 1. The van der Waals surface area contributed by atoms with Crippen molar-refractivity contribution in [3.8, 4) is 5.75 Å². The van der Waals surface area contributed by atoms with Crippen molar-refractivity contribution in [2.75, 3.05) is 33.4 Å². The van der Waals surface area contributed by atoms with Crippen molar-refractivity contribution in [2.45, 2.75) is 37.3 Å². The maximum atomic E-state index is 12.7. The summed E-state index contributed by atoms with van der Waals surface area (Å²) in [6.45, 7) is 3.23. The third-order valence-electron chi connectivity index (χ3n) is 6.31. The Morgan fingerprint density at radius 2 is 2.00 bits per heavy atom. The summed E-state index contributed by atoms with van der Waals surface area (Å²) in [5.41, 5.74) is 1.35. The maximum absolute atomic E-state index is 12.7. The van der Waals surface area contributed by atoms with Crippen LogP contribution in [0.1, 0.15) is 41.9 Å². The van der Waals surface area contributed by atoms with Gasteiger partial charge in [-0.1, -0.05) is 12.1 Å². The number of methoxy groups -OCH3 is 1. The molecule has 2 atom stereocenters. The molecule has 3 aromatic rings. The van der Waals surface area contributed by atoms with Crippen LogP contribution in [0.3, 0.4) is 0 Å². The molecule has 2 aliphatic rings. The van der Waals surface area contributed by atoms with Gasteiger partial charge in [-0.3, -0.25) is 9.69 Å². The normalized spacial score (nSPS) is 22.9. The minimum absolute atomic E-state index is 0.221. The molecule has 4 heterocycles. The van der Waals surface area contributed by atoms with Gasteiger partial charge in [0.05, 0.1) is 25.3 Å². The maximum Gasteiger partial charge on any atom is 0.276 e. The number of H-pyrrole nitrogens is 1. The standard InChI is InChI=1S/C22H27N5O4/c1-30-16-4-2-14(3-5-16)11-26-12-17(19(28)13-26)20-24-22(29)18-10-23-21(27(18)25-20)15-6-8-31-9-7-15/h2-5,10,15,17,19,28H,6-9,11-13H2,1H3,(H,24,25,29). The van der Waals surface area contributed by atoms with Gasteiger partial charge in [0.25, 0.3) is 5.56 Å². The van der Waals surface area contributed by atoms with E-state index < -0.39 is 6.10 Å². The van der Waals surface area contributed by atoms with Crippen molar-refractivity contribution >= 4 is 5.52 Å². The monoisotopic (exact) mass is 425 g/mol. The van der Waals surface area contributed by atoms with Crippen molar-refractivity contribution < 1.29 is 14.6 Å². The van der Waals surface area contributed by atoms with Crippen molar-refractivity contribution in [1.29, 1.82) is 0 Å². The highest BCUT2D eigenvalue weighted by Gasteiger charge is 2.35. The fourth-order valence-electron chi connectivity index (χ4n) is 4.59. The second kappa shape index (κ2) is 8.41. The van der Waals surface area contributed by atoms with E-state index in [2.05, 4.69) is 14.9 Å². The van der Waals surface area contributed by atoms with Gasteiger partial charge in [0.1, 0.15) is 17.4 Å². The zero-order chi connectivity index (χ0) is 21.4. The summed E-state index contributed by atoms with van der Waals surface area (Å²) in [7, 11) is 1.65. The van der Waals surface area contributed by atoms with E-state index in [9.17, 15) is 9.90 Å². The molecule has 2 N–H and O–H groups in total. The van der Waals surface area contributed by atoms with Gasteiger partial charge in [0.2, 0.25) is 0 Å². The highest BCUT2D eigenvalue weighted by atomic mass is 16.5. The second-order valence-corrected chi connectivity index (χ2v) is 8.36. The number of aromatic amines is 1. The Balaban J connectivity index is 1.38. The van der Waals surface area contributed by atoms with Crippen LogP contribution < -0.4 is 10.3 Å². The highest BCUT2D eigenvalue weighted by molar-refractivity contribution is 5.42. The number of hydrogen-bond acceptors (Lipinski definition) is 7. The average molecular weight is 425 g/mol. The minimum Gasteiger partial charge on any atom is -0.497 e. The molecule has 5 rings (SSSR count). The fourth-order valence-corrected chi connectivity index (χ4v) is 4.59. The van der Waals surface area contributed by atoms with E-state index in [1.807, 2.05) is 24.3 Å². The third kappa shape index (κ3) is 3.96. The Morgan fingerprint density at radius 1 is 1.23 bits per heavy atom. The molecule has 2 aromatic heterocycles. The van der Waals surface area contributed by atoms with Crippen LogP contribution in [0.25, 0.3) is 5.52 Å². The minimum atomic E-state index is -0.603. The largest absolute Gasteiger partial charge is 0.497 e. The number of likely N-dealkylation sites (tertiary alicyclic amines) is 1. The summed E-state index contributed by atoms with van der Waals surface area (Å²) in [5.74, 6) is 2.08. The molecule has 9 heteroatoms. The third-order valence-corrected chi connectivity index (χ3v) is 6.31. The van der Waals surface area contributed by atoms with Gasteiger partial charge in [0.15, 0.2) is 5.52 Å². The van der Waals surface area contributed by atoms with Gasteiger partial charge < -0.3 is 19.6 Å². The summed E-state index contributed by atoms with van der Waals surface area (Å²) in [4.78, 5) is 22.3. The number of ether oxygens (including phenoxy) is 2. The number of β-amino-alcohol motifs (C(OH)–C–C–N with tert-alkyl or cyclic N) is 1. The number of imidazole rings is 1. The summed E-state index contributed by atoms with van der Waals surface area (Å²) in [5, 5.41) is 15.5. The molecule has 0 aliphatic carbocycles. The first kappa shape index (κ1) is 20.2. The van der Waals surface area contributed by atoms with E-state index in [0.29, 0.717) is 44.2 Å². The Kier molecular flexibility index (Phi) is 5.47. The number of rotatable bonds is 5. The molecular formula is C22H27N5O4. The lowest BCUT2D eigenvalue weighted by Gasteiger charge is -2.21. The van der Waals surface area contributed by atoms with Gasteiger partial charge in [0, 0.05) is 38.8 Å². The number of aromatic nitrogens is 4. The quantitative estimate of drug-likeness (QED) is 0.634. The first-order chi connectivity index (χ1) is 15.1. The molecule has 2 saturated heterocycles. The number of benzene rings is 1. The molecular weight excluding hydrogens is 398 g/mol. The molecule has 0 radical (unpaired) electrons. The van der Waals surface area contributed by atoms with E-state index >= 15 is 0 Å². The predicted molar refractivity (Wildman–Crippen MR) is 113 cm³/mol. The number of nitrogens with zero attached hydrogens (tertiary/aromatic N) is 4. The van der Waals surface area contributed by atoms with E-state index in [1.165, 1.54) is 0 Å². The van der Waals surface area contributed by atoms with Gasteiger partial charge in [-0.25, -0.2) is 9.50 Å². The van der Waals surface area contributed by atoms with Gasteiger partial charge >= 0.3 is 0 Å². The lowest BCUT2D eigenvalue weighted by molar-refractivity contribution is 0.0832. The summed E-state index contributed by atoms with van der Waals surface area (Å²) in [6, 6.07) is 7.92. The van der Waals surface area contributed by atoms with E-state index in [-0.39, 0.29) is 17.4 Å². The zero-order valence-corrected chi connectivity index (χ0v) is 17.5. The first-order valence-corrected chi connectivity index (χ1v) is 10.7. The number of fused-ring (bicyclic) bond motifs is 1.